The number of hydrogen-bond acceptors (Lipinski definition) is 3. The fraction of sp³-hybridized carbons (Fsp3) is 0.727. The third-order valence-corrected chi connectivity index (χ3v) is 7.40. The Morgan fingerprint density at radius 2 is 1.80 bits per heavy atom. The van der Waals surface area contributed by atoms with E-state index in [1.54, 1.807) is 0 Å². The molecule has 1 N–H and O–H groups in total. The van der Waals surface area contributed by atoms with Crippen LogP contribution in [0.15, 0.2) is 30.3 Å². The first-order valence-electron chi connectivity index (χ1n) is 10.6. The maximum absolute atomic E-state index is 3.55. The van der Waals surface area contributed by atoms with E-state index in [4.69, 9.17) is 0 Å². The van der Waals surface area contributed by atoms with Crippen molar-refractivity contribution in [1.29, 1.82) is 0 Å². The highest BCUT2D eigenvalue weighted by Gasteiger charge is 2.53. The lowest BCUT2D eigenvalue weighted by Gasteiger charge is -2.36. The van der Waals surface area contributed by atoms with E-state index in [-0.39, 0.29) is 0 Å². The van der Waals surface area contributed by atoms with Crippen LogP contribution in [-0.2, 0) is 6.42 Å². The molecule has 5 aliphatic rings. The predicted molar refractivity (Wildman–Crippen MR) is 103 cm³/mol. The molecule has 0 aromatic heterocycles. The summed E-state index contributed by atoms with van der Waals surface area (Å²) >= 11 is 0. The maximum atomic E-state index is 3.55. The molecular weight excluding hydrogens is 306 g/mol. The third kappa shape index (κ3) is 3.51. The number of rotatable bonds is 6. The van der Waals surface area contributed by atoms with Crippen molar-refractivity contribution in [2.75, 3.05) is 45.8 Å². The normalized spacial score (nSPS) is 37.8. The fourth-order valence-corrected chi connectivity index (χ4v) is 5.92. The quantitative estimate of drug-likeness (QED) is 0.859. The number of nitrogens with one attached hydrogen (secondary N) is 1. The van der Waals surface area contributed by atoms with Crippen LogP contribution in [0.3, 0.4) is 0 Å². The average Bonchev–Trinajstić information content (AvgIpc) is 3.17. The number of fused-ring (bicyclic) bond motifs is 5. The van der Waals surface area contributed by atoms with Crippen LogP contribution in [0.1, 0.15) is 24.8 Å². The highest BCUT2D eigenvalue weighted by Crippen LogP contribution is 2.49. The zero-order valence-electron chi connectivity index (χ0n) is 15.4. The highest BCUT2D eigenvalue weighted by molar-refractivity contribution is 5.14. The van der Waals surface area contributed by atoms with Crippen LogP contribution < -0.4 is 5.32 Å². The molecule has 1 saturated carbocycles. The van der Waals surface area contributed by atoms with E-state index in [2.05, 4.69) is 45.4 Å². The summed E-state index contributed by atoms with van der Waals surface area (Å²) in [6, 6.07) is 11.8. The topological polar surface area (TPSA) is 18.5 Å². The molecule has 25 heavy (non-hydrogen) atoms. The van der Waals surface area contributed by atoms with Crippen LogP contribution in [0.4, 0.5) is 0 Å². The van der Waals surface area contributed by atoms with Gasteiger partial charge in [-0.15, -0.1) is 0 Å². The Morgan fingerprint density at radius 3 is 2.64 bits per heavy atom. The molecule has 136 valence electrons. The van der Waals surface area contributed by atoms with Gasteiger partial charge in [-0.25, -0.2) is 0 Å². The van der Waals surface area contributed by atoms with Crippen molar-refractivity contribution in [2.45, 2.75) is 31.7 Å². The van der Waals surface area contributed by atoms with Gasteiger partial charge in [0.2, 0.25) is 0 Å². The summed E-state index contributed by atoms with van der Waals surface area (Å²) in [4.78, 5) is 5.69. The summed E-state index contributed by atoms with van der Waals surface area (Å²) in [6.45, 7) is 9.33. The Labute approximate surface area is 152 Å². The molecule has 4 heterocycles. The average molecular weight is 340 g/mol. The standard InChI is InChI=1S/C22H33N3/c1-2-5-17(6-3-1)7-4-10-24-13-18-8-9-19(15-24)25(14-18)16-22-20-11-23-12-21(20)22/h1-3,5-6,18-23H,4,7-16H2/t18-,19+,20-,21+,22?/m0/s1. The largest absolute Gasteiger partial charge is 0.316 e. The lowest BCUT2D eigenvalue weighted by atomic mass is 9.94. The lowest BCUT2D eigenvalue weighted by Crippen LogP contribution is -2.45. The number of nitrogens with zero attached hydrogens (tertiary/aromatic N) is 2. The van der Waals surface area contributed by atoms with Gasteiger partial charge in [0.05, 0.1) is 0 Å². The molecule has 1 aromatic carbocycles. The minimum absolute atomic E-state index is 0.838. The molecule has 6 rings (SSSR count). The van der Waals surface area contributed by atoms with Gasteiger partial charge in [-0.05, 0) is 74.6 Å². The van der Waals surface area contributed by atoms with Crippen LogP contribution >= 0.6 is 0 Å². The lowest BCUT2D eigenvalue weighted by molar-refractivity contribution is 0.120. The third-order valence-electron chi connectivity index (χ3n) is 7.40. The SMILES string of the molecule is c1ccc(CCCN2C[C@@H]3CC[C@H](C2)N(CC2[C@H]4CNC[C@@H]24)C3)cc1. The summed E-state index contributed by atoms with van der Waals surface area (Å²) in [5.41, 5.74) is 1.50. The Balaban J connectivity index is 1.13. The van der Waals surface area contributed by atoms with Crippen LogP contribution in [-0.4, -0.2) is 61.7 Å². The van der Waals surface area contributed by atoms with Crippen LogP contribution in [0.2, 0.25) is 0 Å². The highest BCUT2D eigenvalue weighted by atomic mass is 15.3. The minimum atomic E-state index is 0.838. The Hall–Kier alpha value is -0.900. The number of piperidine rings is 2. The first-order valence-corrected chi connectivity index (χ1v) is 10.6. The minimum Gasteiger partial charge on any atom is -0.316 e. The zero-order chi connectivity index (χ0) is 16.6. The summed E-state index contributed by atoms with van der Waals surface area (Å²) in [5.74, 6) is 3.98. The Bertz CT molecular complexity index is 564. The van der Waals surface area contributed by atoms with E-state index >= 15 is 0 Å². The first kappa shape index (κ1) is 16.3. The number of hydrogen-bond donors (Lipinski definition) is 1. The molecule has 5 atom stereocenters. The summed E-state index contributed by atoms with van der Waals surface area (Å²) in [5, 5.41) is 3.55. The molecule has 5 fully saturated rings. The van der Waals surface area contributed by atoms with E-state index in [1.807, 2.05) is 0 Å². The van der Waals surface area contributed by atoms with Crippen LogP contribution in [0.5, 0.6) is 0 Å². The van der Waals surface area contributed by atoms with Gasteiger partial charge in [0, 0.05) is 32.2 Å². The van der Waals surface area contributed by atoms with E-state index < -0.39 is 0 Å². The molecule has 2 bridgehead atoms. The van der Waals surface area contributed by atoms with Crippen LogP contribution in [0.25, 0.3) is 0 Å². The molecule has 3 nitrogen and oxygen atoms in total. The van der Waals surface area contributed by atoms with Gasteiger partial charge in [0.1, 0.15) is 0 Å². The van der Waals surface area contributed by atoms with E-state index in [0.29, 0.717) is 0 Å². The van der Waals surface area contributed by atoms with Gasteiger partial charge in [-0.1, -0.05) is 30.3 Å². The molecule has 0 spiro atoms. The second-order valence-corrected chi connectivity index (χ2v) is 9.05. The van der Waals surface area contributed by atoms with Gasteiger partial charge in [0.15, 0.2) is 0 Å². The molecule has 3 heteroatoms. The summed E-state index contributed by atoms with van der Waals surface area (Å²) < 4.78 is 0. The van der Waals surface area contributed by atoms with Crippen molar-refractivity contribution in [3.8, 4) is 0 Å². The van der Waals surface area contributed by atoms with E-state index in [9.17, 15) is 0 Å². The summed E-state index contributed by atoms with van der Waals surface area (Å²) in [7, 11) is 0. The second kappa shape index (κ2) is 7.02. The number of benzene rings is 1. The van der Waals surface area contributed by atoms with Crippen molar-refractivity contribution in [2.24, 2.45) is 23.7 Å². The Kier molecular flexibility index (Phi) is 4.57. The van der Waals surface area contributed by atoms with Crippen LogP contribution in [0, 0.1) is 23.7 Å². The summed E-state index contributed by atoms with van der Waals surface area (Å²) in [6.07, 6.45) is 5.45. The molecule has 0 radical (unpaired) electrons. The smallest absolute Gasteiger partial charge is 0.0223 e. The van der Waals surface area contributed by atoms with Gasteiger partial charge < -0.3 is 10.2 Å². The van der Waals surface area contributed by atoms with Gasteiger partial charge in [-0.2, -0.15) is 0 Å². The van der Waals surface area contributed by atoms with Crippen molar-refractivity contribution < 1.29 is 0 Å². The van der Waals surface area contributed by atoms with Crippen molar-refractivity contribution in [3.05, 3.63) is 35.9 Å². The molecule has 1 aromatic rings. The van der Waals surface area contributed by atoms with Crippen molar-refractivity contribution >= 4 is 0 Å². The van der Waals surface area contributed by atoms with Crippen molar-refractivity contribution in [1.82, 2.24) is 15.1 Å². The molecule has 4 aliphatic heterocycles. The zero-order valence-corrected chi connectivity index (χ0v) is 15.4. The predicted octanol–water partition coefficient (Wildman–Crippen LogP) is 2.48. The van der Waals surface area contributed by atoms with Crippen molar-refractivity contribution in [3.63, 3.8) is 0 Å². The molecule has 1 unspecified atom stereocenters. The second-order valence-electron chi connectivity index (χ2n) is 9.05. The van der Waals surface area contributed by atoms with E-state index in [0.717, 1.165) is 29.7 Å². The Morgan fingerprint density at radius 1 is 0.960 bits per heavy atom. The monoisotopic (exact) mass is 339 g/mol. The van der Waals surface area contributed by atoms with Gasteiger partial charge >= 0.3 is 0 Å². The number of aryl methyl sites for hydroxylation is 1. The van der Waals surface area contributed by atoms with Gasteiger partial charge in [-0.3, -0.25) is 4.90 Å². The van der Waals surface area contributed by atoms with E-state index in [1.165, 1.54) is 77.1 Å². The molecule has 1 aliphatic carbocycles. The molecule has 0 amide bonds. The first-order chi connectivity index (χ1) is 12.4. The maximum Gasteiger partial charge on any atom is 0.0223 e. The molecule has 4 saturated heterocycles. The van der Waals surface area contributed by atoms with Gasteiger partial charge in [0.25, 0.3) is 0 Å². The molecular formula is C22H33N3. The fourth-order valence-electron chi connectivity index (χ4n) is 5.92.